The van der Waals surface area contributed by atoms with E-state index in [1.54, 1.807) is 23.2 Å². The minimum Gasteiger partial charge on any atom is -0.336 e. The van der Waals surface area contributed by atoms with Crippen LogP contribution in [0.3, 0.4) is 0 Å². The molecule has 0 aromatic heterocycles. The number of rotatable bonds is 4. The highest BCUT2D eigenvalue weighted by molar-refractivity contribution is 5.95. The third-order valence-electron chi connectivity index (χ3n) is 4.15. The van der Waals surface area contributed by atoms with Crippen LogP contribution < -0.4 is 10.6 Å². The van der Waals surface area contributed by atoms with E-state index in [0.717, 1.165) is 0 Å². The zero-order chi connectivity index (χ0) is 20.9. The van der Waals surface area contributed by atoms with Crippen LogP contribution >= 0.6 is 0 Å². The van der Waals surface area contributed by atoms with Crippen molar-refractivity contribution in [3.05, 3.63) is 35.1 Å². The van der Waals surface area contributed by atoms with Crippen LogP contribution in [-0.4, -0.2) is 73.1 Å². The average Bonchev–Trinajstić information content (AvgIpc) is 2.61. The van der Waals surface area contributed by atoms with Gasteiger partial charge < -0.3 is 10.2 Å². The van der Waals surface area contributed by atoms with Crippen molar-refractivity contribution in [2.75, 3.05) is 39.3 Å². The van der Waals surface area contributed by atoms with Gasteiger partial charge in [-0.15, -0.1) is 0 Å². The number of aryl methyl sites for hydroxylation is 1. The van der Waals surface area contributed by atoms with Gasteiger partial charge in [0.2, 0.25) is 5.91 Å². The van der Waals surface area contributed by atoms with Crippen molar-refractivity contribution in [1.82, 2.24) is 20.4 Å². The number of urea groups is 1. The van der Waals surface area contributed by atoms with E-state index < -0.39 is 30.5 Å². The molecule has 28 heavy (non-hydrogen) atoms. The predicted octanol–water partition coefficient (Wildman–Crippen LogP) is 1.28. The highest BCUT2D eigenvalue weighted by Gasteiger charge is 2.28. The van der Waals surface area contributed by atoms with Crippen LogP contribution in [0.4, 0.5) is 22.4 Å². The fourth-order valence-corrected chi connectivity index (χ4v) is 2.61. The van der Waals surface area contributed by atoms with Crippen molar-refractivity contribution in [2.24, 2.45) is 0 Å². The molecule has 0 bridgehead atoms. The summed E-state index contributed by atoms with van der Waals surface area (Å²) in [4.78, 5) is 38.6. The summed E-state index contributed by atoms with van der Waals surface area (Å²) in [6, 6.07) is 3.02. The lowest BCUT2D eigenvalue weighted by molar-refractivity contribution is -0.125. The average molecular weight is 404 g/mol. The molecule has 0 saturated carbocycles. The van der Waals surface area contributed by atoms with Crippen LogP contribution in [0.15, 0.2) is 18.2 Å². The molecule has 0 spiro atoms. The largest absolute Gasteiger partial charge is 0.405 e. The van der Waals surface area contributed by atoms with Gasteiger partial charge in [-0.1, -0.05) is 6.07 Å². The molecule has 0 aliphatic carbocycles. The van der Waals surface area contributed by atoms with Gasteiger partial charge in [0.15, 0.2) is 0 Å². The Morgan fingerprint density at radius 1 is 1.11 bits per heavy atom. The molecule has 2 rings (SSSR count). The van der Waals surface area contributed by atoms with E-state index in [0.29, 0.717) is 31.7 Å². The number of piperazine rings is 1. The van der Waals surface area contributed by atoms with Crippen LogP contribution in [0.5, 0.6) is 0 Å². The first-order valence-electron chi connectivity index (χ1n) is 8.47. The van der Waals surface area contributed by atoms with Crippen LogP contribution in [0.1, 0.15) is 15.9 Å². The highest BCUT2D eigenvalue weighted by atomic mass is 19.4. The van der Waals surface area contributed by atoms with Gasteiger partial charge in [-0.25, -0.2) is 9.18 Å². The number of imide groups is 1. The van der Waals surface area contributed by atoms with Crippen molar-refractivity contribution < 1.29 is 31.9 Å². The third kappa shape index (κ3) is 6.48. The first-order valence-corrected chi connectivity index (χ1v) is 8.47. The third-order valence-corrected chi connectivity index (χ3v) is 4.15. The maximum absolute atomic E-state index is 13.6. The number of hydrogen-bond donors (Lipinski definition) is 2. The summed E-state index contributed by atoms with van der Waals surface area (Å²) in [7, 11) is 0. The second-order valence-corrected chi connectivity index (χ2v) is 6.38. The van der Waals surface area contributed by atoms with Gasteiger partial charge in [0.1, 0.15) is 12.4 Å². The minimum absolute atomic E-state index is 0.194. The SMILES string of the molecule is Cc1ccc(C(=O)N2CCN(CC(=O)NC(=O)NCC(F)(F)F)CC2)cc1F. The molecule has 0 radical (unpaired) electrons. The Morgan fingerprint density at radius 2 is 1.75 bits per heavy atom. The van der Waals surface area contributed by atoms with Crippen molar-refractivity contribution in [3.8, 4) is 0 Å². The lowest BCUT2D eigenvalue weighted by Crippen LogP contribution is -2.52. The van der Waals surface area contributed by atoms with Crippen molar-refractivity contribution in [3.63, 3.8) is 0 Å². The molecular weight excluding hydrogens is 384 g/mol. The van der Waals surface area contributed by atoms with Crippen LogP contribution in [-0.2, 0) is 4.79 Å². The van der Waals surface area contributed by atoms with Gasteiger partial charge >= 0.3 is 12.2 Å². The Morgan fingerprint density at radius 3 is 2.32 bits per heavy atom. The predicted molar refractivity (Wildman–Crippen MR) is 91.1 cm³/mol. The van der Waals surface area contributed by atoms with Gasteiger partial charge in [-0.2, -0.15) is 13.2 Å². The van der Waals surface area contributed by atoms with E-state index in [4.69, 9.17) is 0 Å². The molecule has 7 nitrogen and oxygen atoms in total. The van der Waals surface area contributed by atoms with Crippen LogP contribution in [0.2, 0.25) is 0 Å². The number of alkyl halides is 3. The maximum atomic E-state index is 13.6. The molecule has 4 amide bonds. The number of hydrogen-bond acceptors (Lipinski definition) is 4. The molecule has 1 saturated heterocycles. The van der Waals surface area contributed by atoms with Crippen molar-refractivity contribution in [2.45, 2.75) is 13.1 Å². The van der Waals surface area contributed by atoms with E-state index >= 15 is 0 Å². The first kappa shape index (κ1) is 21.6. The van der Waals surface area contributed by atoms with Crippen molar-refractivity contribution >= 4 is 17.8 Å². The number of nitrogens with one attached hydrogen (secondary N) is 2. The van der Waals surface area contributed by atoms with Gasteiger partial charge in [-0.05, 0) is 24.6 Å². The summed E-state index contributed by atoms with van der Waals surface area (Å²) < 4.78 is 49.6. The Hall–Kier alpha value is -2.69. The van der Waals surface area contributed by atoms with E-state index in [9.17, 15) is 31.9 Å². The summed E-state index contributed by atoms with van der Waals surface area (Å²) in [5.74, 6) is -1.54. The fourth-order valence-electron chi connectivity index (χ4n) is 2.61. The van der Waals surface area contributed by atoms with E-state index in [-0.39, 0.29) is 18.0 Å². The molecule has 1 aromatic rings. The minimum atomic E-state index is -4.57. The Labute approximate surface area is 158 Å². The second kappa shape index (κ2) is 9.00. The van der Waals surface area contributed by atoms with E-state index in [1.165, 1.54) is 17.0 Å². The number of carbonyl (C=O) groups excluding carboxylic acids is 3. The van der Waals surface area contributed by atoms with Crippen molar-refractivity contribution in [1.29, 1.82) is 0 Å². The monoisotopic (exact) mass is 404 g/mol. The summed E-state index contributed by atoms with van der Waals surface area (Å²) in [5.41, 5.74) is 0.669. The number of amides is 4. The number of benzene rings is 1. The standard InChI is InChI=1S/C17H20F4N4O3/c1-11-2-3-12(8-13(11)18)15(27)25-6-4-24(5-7-25)9-14(26)23-16(28)22-10-17(19,20)21/h2-3,8H,4-7,9-10H2,1H3,(H2,22,23,26,28). The zero-order valence-corrected chi connectivity index (χ0v) is 15.1. The van der Waals surface area contributed by atoms with E-state index in [1.807, 2.05) is 5.32 Å². The molecule has 2 N–H and O–H groups in total. The van der Waals surface area contributed by atoms with E-state index in [2.05, 4.69) is 0 Å². The quantitative estimate of drug-likeness (QED) is 0.741. The topological polar surface area (TPSA) is 81.8 Å². The lowest BCUT2D eigenvalue weighted by atomic mass is 10.1. The maximum Gasteiger partial charge on any atom is 0.405 e. The van der Waals surface area contributed by atoms with Gasteiger partial charge in [0, 0.05) is 31.7 Å². The Bertz CT molecular complexity index is 746. The fraction of sp³-hybridized carbons (Fsp3) is 0.471. The second-order valence-electron chi connectivity index (χ2n) is 6.38. The molecule has 1 fully saturated rings. The van der Waals surface area contributed by atoms with Gasteiger partial charge in [0.05, 0.1) is 6.54 Å². The summed E-state index contributed by atoms with van der Waals surface area (Å²) in [6.45, 7) is 1.11. The van der Waals surface area contributed by atoms with Crippen LogP contribution in [0, 0.1) is 12.7 Å². The molecule has 154 valence electrons. The molecule has 1 aromatic carbocycles. The van der Waals surface area contributed by atoms with Crippen LogP contribution in [0.25, 0.3) is 0 Å². The zero-order valence-electron chi connectivity index (χ0n) is 15.1. The normalized spacial score (nSPS) is 15.2. The highest BCUT2D eigenvalue weighted by Crippen LogP contribution is 2.13. The summed E-state index contributed by atoms with van der Waals surface area (Å²) in [5, 5.41) is 3.36. The first-order chi connectivity index (χ1) is 13.0. The van der Waals surface area contributed by atoms with Gasteiger partial charge in [-0.3, -0.25) is 19.8 Å². The molecule has 1 heterocycles. The molecule has 0 atom stereocenters. The molecule has 0 unspecified atom stereocenters. The molecule has 1 aliphatic rings. The number of halogens is 4. The Balaban J connectivity index is 1.77. The Kier molecular flexibility index (Phi) is 6.95. The number of nitrogens with zero attached hydrogens (tertiary/aromatic N) is 2. The molecule has 1 aliphatic heterocycles. The summed E-state index contributed by atoms with van der Waals surface area (Å²) >= 11 is 0. The number of carbonyl (C=O) groups is 3. The molecule has 11 heteroatoms. The lowest BCUT2D eigenvalue weighted by Gasteiger charge is -2.34. The van der Waals surface area contributed by atoms with Gasteiger partial charge in [0.25, 0.3) is 5.91 Å². The summed E-state index contributed by atoms with van der Waals surface area (Å²) in [6.07, 6.45) is -4.57. The smallest absolute Gasteiger partial charge is 0.336 e. The molecular formula is C17H20F4N4O3.